The molecule has 122 valence electrons. The lowest BCUT2D eigenvalue weighted by molar-refractivity contribution is -0.139. The van der Waals surface area contributed by atoms with E-state index in [2.05, 4.69) is 0 Å². The Morgan fingerprint density at radius 3 is 2.36 bits per heavy atom. The maximum atomic E-state index is 12.4. The Morgan fingerprint density at radius 1 is 1.14 bits per heavy atom. The molecule has 0 spiro atoms. The van der Waals surface area contributed by atoms with E-state index in [4.69, 9.17) is 11.6 Å². The van der Waals surface area contributed by atoms with E-state index >= 15 is 0 Å². The monoisotopic (exact) mass is 342 g/mol. The fourth-order valence-corrected chi connectivity index (χ4v) is 3.63. The molecule has 0 unspecified atom stereocenters. The van der Waals surface area contributed by atoms with E-state index in [9.17, 15) is 9.59 Å². The lowest BCUT2D eigenvalue weighted by atomic mass is 9.94. The van der Waals surface area contributed by atoms with Gasteiger partial charge in [-0.3, -0.25) is 9.59 Å². The van der Waals surface area contributed by atoms with E-state index in [1.165, 1.54) is 11.3 Å². The van der Waals surface area contributed by atoms with Gasteiger partial charge in [-0.05, 0) is 18.6 Å². The molecule has 6 heteroatoms. The van der Waals surface area contributed by atoms with Crippen molar-refractivity contribution in [1.29, 1.82) is 0 Å². The first-order valence-corrected chi connectivity index (χ1v) is 8.78. The van der Waals surface area contributed by atoms with Crippen LogP contribution < -0.4 is 0 Å². The number of halogens is 1. The average Bonchev–Trinajstić information content (AvgIpc) is 2.71. The summed E-state index contributed by atoms with van der Waals surface area (Å²) in [6, 6.07) is 3.72. The van der Waals surface area contributed by atoms with Crippen LogP contribution >= 0.6 is 22.9 Å². The first-order valence-electron chi connectivity index (χ1n) is 7.59. The van der Waals surface area contributed by atoms with Gasteiger partial charge in [0.05, 0.1) is 10.8 Å². The minimum absolute atomic E-state index is 0.114. The predicted molar refractivity (Wildman–Crippen MR) is 90.3 cm³/mol. The summed E-state index contributed by atoms with van der Waals surface area (Å²) in [5.74, 6) is 0.274. The Bertz CT molecular complexity index is 551. The highest BCUT2D eigenvalue weighted by molar-refractivity contribution is 7.16. The normalized spacial score (nSPS) is 16.5. The highest BCUT2D eigenvalue weighted by atomic mass is 35.5. The van der Waals surface area contributed by atoms with E-state index in [0.717, 1.165) is 17.8 Å². The molecule has 1 aromatic heterocycles. The molecule has 0 aliphatic carbocycles. The molecule has 0 aromatic carbocycles. The van der Waals surface area contributed by atoms with Crippen LogP contribution in [0.1, 0.15) is 32.1 Å². The molecule has 1 saturated heterocycles. The van der Waals surface area contributed by atoms with Crippen molar-refractivity contribution in [1.82, 2.24) is 9.80 Å². The van der Waals surface area contributed by atoms with Crippen molar-refractivity contribution in [2.24, 2.45) is 5.41 Å². The van der Waals surface area contributed by atoms with Gasteiger partial charge in [0.15, 0.2) is 0 Å². The molecule has 1 aromatic rings. The number of hydrogen-bond acceptors (Lipinski definition) is 3. The Hall–Kier alpha value is -1.07. The van der Waals surface area contributed by atoms with Gasteiger partial charge in [0, 0.05) is 36.5 Å². The first kappa shape index (κ1) is 17.3. The Labute approximate surface area is 141 Å². The molecule has 0 atom stereocenters. The van der Waals surface area contributed by atoms with Crippen molar-refractivity contribution in [2.45, 2.75) is 33.6 Å². The molecule has 2 rings (SSSR count). The summed E-state index contributed by atoms with van der Waals surface area (Å²) >= 11 is 7.35. The van der Waals surface area contributed by atoms with Gasteiger partial charge in [0.25, 0.3) is 0 Å². The van der Waals surface area contributed by atoms with Crippen LogP contribution in [0.25, 0.3) is 0 Å². The van der Waals surface area contributed by atoms with Gasteiger partial charge in [0.2, 0.25) is 11.8 Å². The Kier molecular flexibility index (Phi) is 5.50. The molecule has 0 saturated carbocycles. The largest absolute Gasteiger partial charge is 0.341 e. The van der Waals surface area contributed by atoms with E-state index in [-0.39, 0.29) is 17.2 Å². The highest BCUT2D eigenvalue weighted by Gasteiger charge is 2.29. The topological polar surface area (TPSA) is 40.6 Å². The summed E-state index contributed by atoms with van der Waals surface area (Å²) in [5.41, 5.74) is -0.368. The van der Waals surface area contributed by atoms with Crippen molar-refractivity contribution >= 4 is 34.8 Å². The third-order valence-electron chi connectivity index (χ3n) is 3.73. The average molecular weight is 343 g/mol. The molecule has 1 aliphatic rings. The van der Waals surface area contributed by atoms with Gasteiger partial charge < -0.3 is 9.80 Å². The molecule has 2 amide bonds. The summed E-state index contributed by atoms with van der Waals surface area (Å²) in [6.07, 6.45) is 1.23. The second kappa shape index (κ2) is 7.01. The second-order valence-corrected chi connectivity index (χ2v) is 8.46. The van der Waals surface area contributed by atoms with Crippen LogP contribution in [0.2, 0.25) is 4.34 Å². The zero-order chi connectivity index (χ0) is 16.3. The van der Waals surface area contributed by atoms with Crippen molar-refractivity contribution in [3.8, 4) is 0 Å². The molecule has 0 N–H and O–H groups in total. The van der Waals surface area contributed by atoms with E-state index < -0.39 is 0 Å². The summed E-state index contributed by atoms with van der Waals surface area (Å²) in [4.78, 5) is 29.5. The number of thiophene rings is 1. The molecular weight excluding hydrogens is 320 g/mol. The Morgan fingerprint density at radius 2 is 1.77 bits per heavy atom. The summed E-state index contributed by atoms with van der Waals surface area (Å²) in [5, 5.41) is 0. The van der Waals surface area contributed by atoms with E-state index in [1.54, 1.807) is 0 Å². The lowest BCUT2D eigenvalue weighted by Crippen LogP contribution is -2.42. The zero-order valence-electron chi connectivity index (χ0n) is 13.4. The predicted octanol–water partition coefficient (Wildman–Crippen LogP) is 3.05. The Balaban J connectivity index is 1.92. The quantitative estimate of drug-likeness (QED) is 0.828. The fourth-order valence-electron chi connectivity index (χ4n) is 2.55. The van der Waals surface area contributed by atoms with Crippen molar-refractivity contribution in [2.75, 3.05) is 26.2 Å². The molecule has 1 aliphatic heterocycles. The van der Waals surface area contributed by atoms with Crippen molar-refractivity contribution < 1.29 is 9.59 Å². The maximum absolute atomic E-state index is 12.4. The molecule has 0 bridgehead atoms. The molecule has 4 nitrogen and oxygen atoms in total. The van der Waals surface area contributed by atoms with Crippen LogP contribution in [0.5, 0.6) is 0 Å². The van der Waals surface area contributed by atoms with Crippen LogP contribution in [0.4, 0.5) is 0 Å². The third kappa shape index (κ3) is 4.46. The van der Waals surface area contributed by atoms with Crippen LogP contribution in [0, 0.1) is 5.41 Å². The SMILES string of the molecule is CC(C)(C)C(=O)N1CCCN(C(=O)Cc2ccc(Cl)s2)CC1. The molecular formula is C16H23ClN2O2S. The summed E-state index contributed by atoms with van der Waals surface area (Å²) < 4.78 is 0.709. The number of nitrogens with zero attached hydrogens (tertiary/aromatic N) is 2. The number of hydrogen-bond donors (Lipinski definition) is 0. The minimum atomic E-state index is -0.368. The maximum Gasteiger partial charge on any atom is 0.228 e. The van der Waals surface area contributed by atoms with Crippen molar-refractivity contribution in [3.63, 3.8) is 0 Å². The van der Waals surface area contributed by atoms with Gasteiger partial charge >= 0.3 is 0 Å². The fraction of sp³-hybridized carbons (Fsp3) is 0.625. The molecule has 0 radical (unpaired) electrons. The van der Waals surface area contributed by atoms with Gasteiger partial charge in [-0.1, -0.05) is 32.4 Å². The number of carbonyl (C=O) groups excluding carboxylic acids is 2. The molecule has 2 heterocycles. The van der Waals surface area contributed by atoms with Gasteiger partial charge in [-0.15, -0.1) is 11.3 Å². The highest BCUT2D eigenvalue weighted by Crippen LogP contribution is 2.23. The van der Waals surface area contributed by atoms with E-state index in [0.29, 0.717) is 30.4 Å². The second-order valence-electron chi connectivity index (χ2n) is 6.66. The summed E-state index contributed by atoms with van der Waals surface area (Å²) in [7, 11) is 0. The van der Waals surface area contributed by atoms with Crippen LogP contribution in [-0.4, -0.2) is 47.8 Å². The number of carbonyl (C=O) groups is 2. The molecule has 1 fully saturated rings. The third-order valence-corrected chi connectivity index (χ3v) is 4.96. The van der Waals surface area contributed by atoms with Gasteiger partial charge in [0.1, 0.15) is 0 Å². The zero-order valence-corrected chi connectivity index (χ0v) is 15.0. The lowest BCUT2D eigenvalue weighted by Gasteiger charge is -2.28. The van der Waals surface area contributed by atoms with Gasteiger partial charge in [-0.25, -0.2) is 0 Å². The van der Waals surface area contributed by atoms with Gasteiger partial charge in [-0.2, -0.15) is 0 Å². The van der Waals surface area contributed by atoms with E-state index in [1.807, 2.05) is 42.7 Å². The standard InChI is InChI=1S/C16H23ClN2O2S/c1-16(2,3)15(21)19-8-4-7-18(9-10-19)14(20)11-12-5-6-13(17)22-12/h5-6H,4,7-11H2,1-3H3. The molecule has 22 heavy (non-hydrogen) atoms. The van der Waals surface area contributed by atoms with Crippen LogP contribution in [0.3, 0.4) is 0 Å². The summed E-state index contributed by atoms with van der Waals surface area (Å²) in [6.45, 7) is 8.47. The van der Waals surface area contributed by atoms with Crippen molar-refractivity contribution in [3.05, 3.63) is 21.3 Å². The first-order chi connectivity index (χ1) is 10.3. The van der Waals surface area contributed by atoms with Crippen LogP contribution in [0.15, 0.2) is 12.1 Å². The smallest absolute Gasteiger partial charge is 0.228 e. The number of amides is 2. The van der Waals surface area contributed by atoms with Crippen LogP contribution in [-0.2, 0) is 16.0 Å². The minimum Gasteiger partial charge on any atom is -0.341 e. The number of rotatable bonds is 2.